The molecule has 0 bridgehead atoms. The van der Waals surface area contributed by atoms with Gasteiger partial charge < -0.3 is 14.1 Å². The van der Waals surface area contributed by atoms with E-state index >= 15 is 0 Å². The molecule has 0 spiro atoms. The van der Waals surface area contributed by atoms with Crippen LogP contribution in [0.25, 0.3) is 11.0 Å². The van der Waals surface area contributed by atoms with Gasteiger partial charge in [-0.05, 0) is 30.7 Å². The van der Waals surface area contributed by atoms with Crippen molar-refractivity contribution in [3.63, 3.8) is 0 Å². The number of nitrogens with zero attached hydrogens (tertiary/aromatic N) is 1. The third-order valence-corrected chi connectivity index (χ3v) is 5.86. The quantitative estimate of drug-likeness (QED) is 0.196. The summed E-state index contributed by atoms with van der Waals surface area (Å²) in [5.74, 6) is 0.832. The second kappa shape index (κ2) is 11.9. The molecule has 0 aliphatic rings. The number of fused-ring (bicyclic) bond motifs is 1. The molecule has 0 saturated heterocycles. The van der Waals surface area contributed by atoms with E-state index in [0.29, 0.717) is 12.2 Å². The third-order valence-electron chi connectivity index (χ3n) is 4.72. The van der Waals surface area contributed by atoms with Crippen LogP contribution in [0.5, 0.6) is 0 Å². The fourth-order valence-electron chi connectivity index (χ4n) is 2.95. The lowest BCUT2D eigenvalue weighted by molar-refractivity contribution is -0.147. The van der Waals surface area contributed by atoms with Crippen LogP contribution in [-0.4, -0.2) is 32.4 Å². The van der Waals surface area contributed by atoms with E-state index in [-0.39, 0.29) is 17.5 Å². The average Bonchev–Trinajstić information content (AvgIpc) is 2.68. The van der Waals surface area contributed by atoms with Crippen molar-refractivity contribution in [2.24, 2.45) is 5.92 Å². The molecule has 1 heterocycles. The van der Waals surface area contributed by atoms with Crippen LogP contribution in [0.15, 0.2) is 38.4 Å². The van der Waals surface area contributed by atoms with Gasteiger partial charge in [-0.1, -0.05) is 39.5 Å². The van der Waals surface area contributed by atoms with E-state index in [4.69, 9.17) is 9.15 Å². The first kappa shape index (κ1) is 23.3. The van der Waals surface area contributed by atoms with Crippen LogP contribution in [-0.2, 0) is 9.53 Å². The maximum atomic E-state index is 11.9. The maximum Gasteiger partial charge on any atom is 0.337 e. The van der Waals surface area contributed by atoms with Crippen LogP contribution in [0.3, 0.4) is 0 Å². The zero-order valence-electron chi connectivity index (χ0n) is 18.0. The minimum Gasteiger partial charge on any atom is -0.465 e. The zero-order chi connectivity index (χ0) is 21.2. The minimum absolute atomic E-state index is 0.0457. The van der Waals surface area contributed by atoms with Crippen LogP contribution in [0.2, 0.25) is 0 Å². The summed E-state index contributed by atoms with van der Waals surface area (Å²) in [5.41, 5.74) is 1.36. The van der Waals surface area contributed by atoms with Gasteiger partial charge in [0.05, 0.1) is 12.5 Å². The summed E-state index contributed by atoms with van der Waals surface area (Å²) in [6.07, 6.45) is 6.66. The Morgan fingerprint density at radius 2 is 1.76 bits per heavy atom. The average molecular weight is 420 g/mol. The van der Waals surface area contributed by atoms with Gasteiger partial charge in [-0.3, -0.25) is 4.79 Å². The Kier molecular flexibility index (Phi) is 9.58. The summed E-state index contributed by atoms with van der Waals surface area (Å²) >= 11 is 1.73. The molecule has 160 valence electrons. The lowest BCUT2D eigenvalue weighted by atomic mass is 10.1. The molecule has 0 N–H and O–H groups in total. The molecular weight excluding hydrogens is 386 g/mol. The Balaban J connectivity index is 1.68. The highest BCUT2D eigenvalue weighted by Crippen LogP contribution is 2.29. The van der Waals surface area contributed by atoms with Gasteiger partial charge in [-0.25, -0.2) is 4.79 Å². The van der Waals surface area contributed by atoms with Gasteiger partial charge in [0, 0.05) is 42.2 Å². The van der Waals surface area contributed by atoms with Crippen molar-refractivity contribution in [1.82, 2.24) is 0 Å². The van der Waals surface area contributed by atoms with Crippen molar-refractivity contribution >= 4 is 34.4 Å². The van der Waals surface area contributed by atoms with E-state index in [1.54, 1.807) is 17.8 Å². The zero-order valence-corrected chi connectivity index (χ0v) is 18.8. The SMILES string of the molecule is CC(C)C(=O)OCCCCCCCCSc1cc(=O)oc2cc(N(C)C)ccc12. The number of benzene rings is 1. The number of anilines is 1. The van der Waals surface area contributed by atoms with E-state index in [0.717, 1.165) is 47.4 Å². The largest absolute Gasteiger partial charge is 0.465 e. The standard InChI is InChI=1S/C23H33NO4S/c1-17(2)23(26)27-13-9-7-5-6-8-10-14-29-21-16-22(25)28-20-15-18(24(3)4)11-12-19(20)21/h11-12,15-17H,5-10,13-14H2,1-4H3. The molecule has 0 aliphatic heterocycles. The van der Waals surface area contributed by atoms with Crippen molar-refractivity contribution in [2.75, 3.05) is 31.4 Å². The molecule has 1 aromatic carbocycles. The Morgan fingerprint density at radius 3 is 2.45 bits per heavy atom. The molecule has 0 saturated carbocycles. The van der Waals surface area contributed by atoms with Gasteiger partial charge in [0.15, 0.2) is 0 Å². The summed E-state index contributed by atoms with van der Waals surface area (Å²) < 4.78 is 10.6. The molecule has 6 heteroatoms. The summed E-state index contributed by atoms with van der Waals surface area (Å²) in [6, 6.07) is 7.59. The fraction of sp³-hybridized carbons (Fsp3) is 0.565. The highest BCUT2D eigenvalue weighted by molar-refractivity contribution is 7.99. The molecular formula is C23H33NO4S. The second-order valence-corrected chi connectivity index (χ2v) is 8.93. The van der Waals surface area contributed by atoms with E-state index < -0.39 is 0 Å². The number of hydrogen-bond acceptors (Lipinski definition) is 6. The maximum absolute atomic E-state index is 11.9. The third kappa shape index (κ3) is 7.77. The number of esters is 1. The molecule has 5 nitrogen and oxygen atoms in total. The van der Waals surface area contributed by atoms with E-state index in [1.807, 2.05) is 51.0 Å². The fourth-order valence-corrected chi connectivity index (χ4v) is 4.02. The number of carbonyl (C=O) groups excluding carboxylic acids is 1. The van der Waals surface area contributed by atoms with E-state index in [2.05, 4.69) is 0 Å². The van der Waals surface area contributed by atoms with Gasteiger partial charge in [-0.15, -0.1) is 11.8 Å². The highest BCUT2D eigenvalue weighted by atomic mass is 32.2. The number of rotatable bonds is 12. The van der Waals surface area contributed by atoms with E-state index in [9.17, 15) is 9.59 Å². The number of hydrogen-bond donors (Lipinski definition) is 0. The second-order valence-electron chi connectivity index (χ2n) is 7.80. The number of thioether (sulfide) groups is 1. The summed E-state index contributed by atoms with van der Waals surface area (Å²) in [7, 11) is 3.94. The molecule has 2 aromatic rings. The van der Waals surface area contributed by atoms with Crippen LogP contribution < -0.4 is 10.5 Å². The normalized spacial score (nSPS) is 11.2. The molecule has 2 rings (SSSR count). The summed E-state index contributed by atoms with van der Waals surface area (Å²) in [5, 5.41) is 0.996. The predicted molar refractivity (Wildman–Crippen MR) is 121 cm³/mol. The lowest BCUT2D eigenvalue weighted by Gasteiger charge is -2.13. The van der Waals surface area contributed by atoms with Crippen molar-refractivity contribution in [1.29, 1.82) is 0 Å². The number of ether oxygens (including phenoxy) is 1. The minimum atomic E-state index is -0.297. The van der Waals surface area contributed by atoms with Crippen molar-refractivity contribution < 1.29 is 13.9 Å². The monoisotopic (exact) mass is 419 g/mol. The Hall–Kier alpha value is -1.95. The first-order chi connectivity index (χ1) is 13.9. The number of unbranched alkanes of at least 4 members (excludes halogenated alkanes) is 5. The molecule has 0 atom stereocenters. The molecule has 1 aromatic heterocycles. The van der Waals surface area contributed by atoms with Crippen molar-refractivity contribution in [3.8, 4) is 0 Å². The Morgan fingerprint density at radius 1 is 1.07 bits per heavy atom. The van der Waals surface area contributed by atoms with Crippen molar-refractivity contribution in [2.45, 2.75) is 57.3 Å². The molecule has 0 amide bonds. The summed E-state index contributed by atoms with van der Waals surface area (Å²) in [6.45, 7) is 4.24. The van der Waals surface area contributed by atoms with Crippen LogP contribution in [0.1, 0.15) is 52.4 Å². The first-order valence-corrected chi connectivity index (χ1v) is 11.4. The predicted octanol–water partition coefficient (Wildman–Crippen LogP) is 5.49. The Bertz CT molecular complexity index is 844. The van der Waals surface area contributed by atoms with Crippen molar-refractivity contribution in [3.05, 3.63) is 34.7 Å². The summed E-state index contributed by atoms with van der Waals surface area (Å²) in [4.78, 5) is 26.3. The van der Waals surface area contributed by atoms with Crippen LogP contribution in [0.4, 0.5) is 5.69 Å². The van der Waals surface area contributed by atoms with Gasteiger partial charge in [-0.2, -0.15) is 0 Å². The van der Waals surface area contributed by atoms with Gasteiger partial charge in [0.2, 0.25) is 0 Å². The Labute approximate surface area is 177 Å². The lowest BCUT2D eigenvalue weighted by Crippen LogP contribution is -2.12. The van der Waals surface area contributed by atoms with Gasteiger partial charge in [0.1, 0.15) is 5.58 Å². The molecule has 0 fully saturated rings. The molecule has 29 heavy (non-hydrogen) atoms. The van der Waals surface area contributed by atoms with Gasteiger partial charge in [0.25, 0.3) is 0 Å². The van der Waals surface area contributed by atoms with Crippen LogP contribution >= 0.6 is 11.8 Å². The topological polar surface area (TPSA) is 59.8 Å². The first-order valence-electron chi connectivity index (χ1n) is 10.4. The molecule has 0 unspecified atom stereocenters. The molecule has 0 radical (unpaired) electrons. The van der Waals surface area contributed by atoms with E-state index in [1.165, 1.54) is 12.8 Å². The van der Waals surface area contributed by atoms with Crippen LogP contribution in [0, 0.1) is 5.92 Å². The highest BCUT2D eigenvalue weighted by Gasteiger charge is 2.09. The van der Waals surface area contributed by atoms with Gasteiger partial charge >= 0.3 is 11.6 Å². The molecule has 0 aliphatic carbocycles. The smallest absolute Gasteiger partial charge is 0.337 e. The number of carbonyl (C=O) groups is 1.